The molecule has 1 aliphatic heterocycles. The number of nitrogens with zero attached hydrogens (tertiary/aromatic N) is 2. The number of carbonyl (C=O) groups excluding carboxylic acids is 2. The zero-order chi connectivity index (χ0) is 18.2. The van der Waals surface area contributed by atoms with Crippen LogP contribution < -0.4 is 9.80 Å². The molecule has 2 aromatic carbocycles. The second-order valence-electron chi connectivity index (χ2n) is 6.46. The Balaban J connectivity index is 2.28. The van der Waals surface area contributed by atoms with Crippen molar-refractivity contribution in [1.29, 1.82) is 0 Å². The number of hydrogen-bond donors (Lipinski definition) is 0. The van der Waals surface area contributed by atoms with E-state index in [0.29, 0.717) is 22.1 Å². The Labute approximate surface area is 152 Å². The van der Waals surface area contributed by atoms with Crippen LogP contribution in [0.2, 0.25) is 5.02 Å². The maximum Gasteiger partial charge on any atom is 0.241 e. The number of hydrogen-bond acceptors (Lipinski definition) is 2. The highest BCUT2D eigenvalue weighted by Crippen LogP contribution is 2.42. The standard InChI is InChI=1S/C20H19ClN2O2/c1-4-20(2,3)23-16-11-10-14(21)12-17(16)22(18(24)13-19(23)25)15-8-6-5-7-9-15/h4-12H,1,13H2,2-3H3. The minimum Gasteiger partial charge on any atom is -0.301 e. The number of anilines is 3. The van der Waals surface area contributed by atoms with E-state index in [1.807, 2.05) is 44.2 Å². The SMILES string of the molecule is C=CC(C)(C)N1C(=O)CC(=O)N(c2ccccc2)c2cc(Cl)ccc21. The fourth-order valence-corrected chi connectivity index (χ4v) is 3.17. The molecule has 5 heteroatoms. The van der Waals surface area contributed by atoms with Crippen LogP contribution in [0, 0.1) is 0 Å². The fraction of sp³-hybridized carbons (Fsp3) is 0.200. The smallest absolute Gasteiger partial charge is 0.241 e. The molecular formula is C20H19ClN2O2. The van der Waals surface area contributed by atoms with E-state index in [9.17, 15) is 9.59 Å². The molecular weight excluding hydrogens is 336 g/mol. The minimum absolute atomic E-state index is 0.224. The molecule has 25 heavy (non-hydrogen) atoms. The Morgan fingerprint density at radius 3 is 2.36 bits per heavy atom. The van der Waals surface area contributed by atoms with Gasteiger partial charge in [-0.2, -0.15) is 0 Å². The van der Waals surface area contributed by atoms with Crippen LogP contribution in [0.3, 0.4) is 0 Å². The van der Waals surface area contributed by atoms with E-state index >= 15 is 0 Å². The van der Waals surface area contributed by atoms with Crippen LogP contribution in [0.1, 0.15) is 20.3 Å². The first-order valence-electron chi connectivity index (χ1n) is 7.99. The lowest BCUT2D eigenvalue weighted by molar-refractivity contribution is -0.126. The summed E-state index contributed by atoms with van der Waals surface area (Å²) in [6.07, 6.45) is 1.48. The van der Waals surface area contributed by atoms with Gasteiger partial charge in [0.15, 0.2) is 0 Å². The third-order valence-electron chi connectivity index (χ3n) is 4.31. The van der Waals surface area contributed by atoms with Gasteiger partial charge in [-0.25, -0.2) is 0 Å². The monoisotopic (exact) mass is 354 g/mol. The van der Waals surface area contributed by atoms with E-state index in [-0.39, 0.29) is 18.2 Å². The zero-order valence-electron chi connectivity index (χ0n) is 14.2. The van der Waals surface area contributed by atoms with Crippen LogP contribution in [0.4, 0.5) is 17.1 Å². The highest BCUT2D eigenvalue weighted by Gasteiger charge is 2.38. The topological polar surface area (TPSA) is 40.6 Å². The molecule has 0 atom stereocenters. The molecule has 0 N–H and O–H groups in total. The molecule has 0 bridgehead atoms. The normalized spacial score (nSPS) is 15.0. The summed E-state index contributed by atoms with van der Waals surface area (Å²) in [6.45, 7) is 7.62. The third kappa shape index (κ3) is 3.05. The van der Waals surface area contributed by atoms with Crippen molar-refractivity contribution in [3.8, 4) is 0 Å². The van der Waals surface area contributed by atoms with E-state index in [2.05, 4.69) is 6.58 Å². The number of benzene rings is 2. The van der Waals surface area contributed by atoms with Gasteiger partial charge in [-0.05, 0) is 44.2 Å². The summed E-state index contributed by atoms with van der Waals surface area (Å²) < 4.78 is 0. The predicted octanol–water partition coefficient (Wildman–Crippen LogP) is 4.71. The van der Waals surface area contributed by atoms with Gasteiger partial charge in [-0.15, -0.1) is 6.58 Å². The first kappa shape index (κ1) is 17.2. The molecule has 128 valence electrons. The number of para-hydroxylation sites is 1. The number of carbonyl (C=O) groups is 2. The Bertz CT molecular complexity index is 846. The Kier molecular flexibility index (Phi) is 4.39. The molecule has 4 nitrogen and oxygen atoms in total. The summed E-state index contributed by atoms with van der Waals surface area (Å²) in [6, 6.07) is 14.5. The van der Waals surface area contributed by atoms with E-state index in [4.69, 9.17) is 11.6 Å². The summed E-state index contributed by atoms with van der Waals surface area (Å²) in [7, 11) is 0. The maximum atomic E-state index is 12.9. The first-order chi connectivity index (χ1) is 11.8. The van der Waals surface area contributed by atoms with Crippen LogP contribution in [0.25, 0.3) is 0 Å². The fourth-order valence-electron chi connectivity index (χ4n) is 3.00. The van der Waals surface area contributed by atoms with Crippen molar-refractivity contribution in [3.05, 3.63) is 66.2 Å². The largest absolute Gasteiger partial charge is 0.301 e. The van der Waals surface area contributed by atoms with E-state index in [1.165, 1.54) is 0 Å². The Morgan fingerprint density at radius 1 is 1.04 bits per heavy atom. The number of amides is 2. The Hall–Kier alpha value is -2.59. The zero-order valence-corrected chi connectivity index (χ0v) is 15.0. The van der Waals surface area contributed by atoms with Crippen LogP contribution in [0.15, 0.2) is 61.2 Å². The number of fused-ring (bicyclic) bond motifs is 1. The average Bonchev–Trinajstić information content (AvgIpc) is 2.68. The van der Waals surface area contributed by atoms with Gasteiger partial charge in [0.1, 0.15) is 6.42 Å². The third-order valence-corrected chi connectivity index (χ3v) is 4.55. The van der Waals surface area contributed by atoms with Gasteiger partial charge >= 0.3 is 0 Å². The molecule has 0 unspecified atom stereocenters. The van der Waals surface area contributed by atoms with Crippen LogP contribution in [0.5, 0.6) is 0 Å². The van der Waals surface area contributed by atoms with Crippen molar-refractivity contribution in [1.82, 2.24) is 0 Å². The van der Waals surface area contributed by atoms with Gasteiger partial charge in [0.25, 0.3) is 0 Å². The molecule has 1 aliphatic rings. The van der Waals surface area contributed by atoms with Gasteiger partial charge < -0.3 is 4.90 Å². The van der Waals surface area contributed by atoms with Gasteiger partial charge in [0.2, 0.25) is 11.8 Å². The molecule has 0 radical (unpaired) electrons. The summed E-state index contributed by atoms with van der Waals surface area (Å²) in [5.74, 6) is -0.556. The molecule has 3 rings (SSSR count). The molecule has 1 heterocycles. The van der Waals surface area contributed by atoms with Gasteiger partial charge in [-0.3, -0.25) is 14.5 Å². The average molecular weight is 355 g/mol. The van der Waals surface area contributed by atoms with Crippen molar-refractivity contribution >= 4 is 40.5 Å². The predicted molar refractivity (Wildman–Crippen MR) is 101 cm³/mol. The van der Waals surface area contributed by atoms with E-state index < -0.39 is 5.54 Å². The molecule has 0 aliphatic carbocycles. The van der Waals surface area contributed by atoms with E-state index in [0.717, 1.165) is 0 Å². The minimum atomic E-state index is -0.646. The van der Waals surface area contributed by atoms with Crippen molar-refractivity contribution in [2.24, 2.45) is 0 Å². The summed E-state index contributed by atoms with van der Waals surface area (Å²) in [5.41, 5.74) is 1.27. The highest BCUT2D eigenvalue weighted by molar-refractivity contribution is 6.31. The lowest BCUT2D eigenvalue weighted by Gasteiger charge is -2.36. The molecule has 0 saturated heterocycles. The Morgan fingerprint density at radius 2 is 1.72 bits per heavy atom. The lowest BCUT2D eigenvalue weighted by atomic mass is 10.0. The van der Waals surface area contributed by atoms with Crippen molar-refractivity contribution < 1.29 is 9.59 Å². The first-order valence-corrected chi connectivity index (χ1v) is 8.37. The molecule has 0 fully saturated rings. The summed E-state index contributed by atoms with van der Waals surface area (Å²) in [4.78, 5) is 28.9. The molecule has 2 amide bonds. The second kappa shape index (κ2) is 6.37. The molecule has 0 spiro atoms. The van der Waals surface area contributed by atoms with E-state index in [1.54, 1.807) is 34.1 Å². The van der Waals surface area contributed by atoms with Crippen LogP contribution in [-0.2, 0) is 9.59 Å². The summed E-state index contributed by atoms with van der Waals surface area (Å²) >= 11 is 6.20. The quantitative estimate of drug-likeness (QED) is 0.591. The molecule has 2 aromatic rings. The lowest BCUT2D eigenvalue weighted by Crippen LogP contribution is -2.46. The molecule has 0 saturated carbocycles. The van der Waals surface area contributed by atoms with Gasteiger partial charge in [0, 0.05) is 10.7 Å². The highest BCUT2D eigenvalue weighted by atomic mass is 35.5. The maximum absolute atomic E-state index is 12.9. The molecule has 0 aromatic heterocycles. The van der Waals surface area contributed by atoms with Crippen LogP contribution in [-0.4, -0.2) is 17.4 Å². The van der Waals surface area contributed by atoms with Crippen molar-refractivity contribution in [3.63, 3.8) is 0 Å². The second-order valence-corrected chi connectivity index (χ2v) is 6.90. The van der Waals surface area contributed by atoms with Gasteiger partial charge in [0.05, 0.1) is 16.9 Å². The van der Waals surface area contributed by atoms with Crippen molar-refractivity contribution in [2.45, 2.75) is 25.8 Å². The van der Waals surface area contributed by atoms with Crippen LogP contribution >= 0.6 is 11.6 Å². The van der Waals surface area contributed by atoms with Gasteiger partial charge in [-0.1, -0.05) is 35.9 Å². The van der Waals surface area contributed by atoms with Crippen molar-refractivity contribution in [2.75, 3.05) is 9.80 Å². The number of halogens is 1. The number of rotatable bonds is 3. The summed E-state index contributed by atoms with van der Waals surface area (Å²) in [5, 5.41) is 0.498.